The van der Waals surface area contributed by atoms with E-state index in [0.29, 0.717) is 12.8 Å². The highest BCUT2D eigenvalue weighted by Gasteiger charge is 2.35. The van der Waals surface area contributed by atoms with Crippen molar-refractivity contribution in [3.8, 4) is 0 Å². The van der Waals surface area contributed by atoms with Crippen LogP contribution in [0.15, 0.2) is 24.3 Å². The maximum Gasteiger partial charge on any atom is 0.245 e. The summed E-state index contributed by atoms with van der Waals surface area (Å²) < 4.78 is 0. The number of para-hydroxylation sites is 1. The summed E-state index contributed by atoms with van der Waals surface area (Å²) in [7, 11) is 0. The SMILES string of the molecule is CCC(C(=O)N1CCCC1)N1C(=O)CCCc2ccccc21. The van der Waals surface area contributed by atoms with Crippen LogP contribution in [-0.2, 0) is 16.0 Å². The largest absolute Gasteiger partial charge is 0.341 e. The van der Waals surface area contributed by atoms with Crippen LogP contribution in [0.5, 0.6) is 0 Å². The van der Waals surface area contributed by atoms with Crippen molar-refractivity contribution in [1.82, 2.24) is 4.90 Å². The molecule has 118 valence electrons. The third-order valence-corrected chi connectivity index (χ3v) is 4.76. The first-order valence-corrected chi connectivity index (χ1v) is 8.41. The first-order chi connectivity index (χ1) is 10.7. The summed E-state index contributed by atoms with van der Waals surface area (Å²) in [6, 6.07) is 7.67. The minimum Gasteiger partial charge on any atom is -0.341 e. The number of hydrogen-bond donors (Lipinski definition) is 0. The molecule has 2 aliphatic rings. The zero-order valence-electron chi connectivity index (χ0n) is 13.3. The Kier molecular flexibility index (Phi) is 4.46. The Bertz CT molecular complexity index is 564. The number of anilines is 1. The fourth-order valence-corrected chi connectivity index (χ4v) is 3.60. The van der Waals surface area contributed by atoms with Crippen LogP contribution in [0.25, 0.3) is 0 Å². The zero-order chi connectivity index (χ0) is 15.5. The molecule has 0 bridgehead atoms. The van der Waals surface area contributed by atoms with E-state index in [1.54, 1.807) is 4.90 Å². The molecule has 2 heterocycles. The van der Waals surface area contributed by atoms with Gasteiger partial charge in [-0.2, -0.15) is 0 Å². The highest BCUT2D eigenvalue weighted by Crippen LogP contribution is 2.30. The molecule has 2 amide bonds. The number of rotatable bonds is 3. The minimum absolute atomic E-state index is 0.0874. The first-order valence-electron chi connectivity index (χ1n) is 8.41. The molecular weight excluding hydrogens is 276 g/mol. The molecule has 0 aliphatic carbocycles. The molecule has 22 heavy (non-hydrogen) atoms. The molecule has 4 heteroatoms. The summed E-state index contributed by atoms with van der Waals surface area (Å²) in [5, 5.41) is 0. The van der Waals surface area contributed by atoms with Crippen molar-refractivity contribution < 1.29 is 9.59 Å². The summed E-state index contributed by atoms with van der Waals surface area (Å²) in [4.78, 5) is 29.2. The van der Waals surface area contributed by atoms with E-state index >= 15 is 0 Å². The van der Waals surface area contributed by atoms with Crippen molar-refractivity contribution in [2.75, 3.05) is 18.0 Å². The van der Waals surface area contributed by atoms with Gasteiger partial charge >= 0.3 is 0 Å². The van der Waals surface area contributed by atoms with Gasteiger partial charge in [0.2, 0.25) is 11.8 Å². The second-order valence-corrected chi connectivity index (χ2v) is 6.20. The van der Waals surface area contributed by atoms with Crippen LogP contribution in [0.4, 0.5) is 5.69 Å². The van der Waals surface area contributed by atoms with Gasteiger partial charge in [-0.1, -0.05) is 25.1 Å². The number of fused-ring (bicyclic) bond motifs is 1. The van der Waals surface area contributed by atoms with Gasteiger partial charge < -0.3 is 4.90 Å². The third kappa shape index (κ3) is 2.74. The lowest BCUT2D eigenvalue weighted by Crippen LogP contribution is -2.50. The van der Waals surface area contributed by atoms with Crippen molar-refractivity contribution in [3.63, 3.8) is 0 Å². The number of likely N-dealkylation sites (tertiary alicyclic amines) is 1. The van der Waals surface area contributed by atoms with Crippen LogP contribution < -0.4 is 4.90 Å². The van der Waals surface area contributed by atoms with Crippen molar-refractivity contribution in [2.45, 2.75) is 51.5 Å². The minimum atomic E-state index is -0.357. The van der Waals surface area contributed by atoms with Crippen LogP contribution >= 0.6 is 0 Å². The predicted molar refractivity (Wildman–Crippen MR) is 86.8 cm³/mol. The van der Waals surface area contributed by atoms with Crippen LogP contribution in [0.1, 0.15) is 44.6 Å². The molecule has 3 rings (SSSR count). The second kappa shape index (κ2) is 6.51. The van der Waals surface area contributed by atoms with Gasteiger partial charge in [0, 0.05) is 25.2 Å². The lowest BCUT2D eigenvalue weighted by Gasteiger charge is -2.33. The lowest BCUT2D eigenvalue weighted by molar-refractivity contribution is -0.133. The molecule has 1 unspecified atom stereocenters. The maximum absolute atomic E-state index is 12.9. The normalized spacial score (nSPS) is 19.8. The maximum atomic E-state index is 12.9. The number of nitrogens with zero attached hydrogens (tertiary/aromatic N) is 2. The fraction of sp³-hybridized carbons (Fsp3) is 0.556. The predicted octanol–water partition coefficient (Wildman–Crippen LogP) is 2.76. The number of aryl methyl sites for hydroxylation is 1. The monoisotopic (exact) mass is 300 g/mol. The van der Waals surface area contributed by atoms with Gasteiger partial charge in [-0.15, -0.1) is 0 Å². The number of benzene rings is 1. The van der Waals surface area contributed by atoms with Crippen LogP contribution in [0.3, 0.4) is 0 Å². The molecule has 0 radical (unpaired) electrons. The van der Waals surface area contributed by atoms with Crippen LogP contribution in [0.2, 0.25) is 0 Å². The highest BCUT2D eigenvalue weighted by molar-refractivity contribution is 6.01. The Morgan fingerprint density at radius 3 is 2.59 bits per heavy atom. The second-order valence-electron chi connectivity index (χ2n) is 6.20. The van der Waals surface area contributed by atoms with E-state index in [0.717, 1.165) is 44.5 Å². The van der Waals surface area contributed by atoms with E-state index in [2.05, 4.69) is 6.07 Å². The van der Waals surface area contributed by atoms with Crippen molar-refractivity contribution in [2.24, 2.45) is 0 Å². The summed E-state index contributed by atoms with van der Waals surface area (Å²) in [5.74, 6) is 0.203. The third-order valence-electron chi connectivity index (χ3n) is 4.76. The molecule has 0 aromatic heterocycles. The molecule has 1 aromatic rings. The molecule has 4 nitrogen and oxygen atoms in total. The number of hydrogen-bond acceptors (Lipinski definition) is 2. The molecule has 1 aromatic carbocycles. The Morgan fingerprint density at radius 1 is 1.14 bits per heavy atom. The number of carbonyl (C=O) groups is 2. The van der Waals surface area contributed by atoms with Crippen LogP contribution in [0, 0.1) is 0 Å². The molecule has 1 saturated heterocycles. The van der Waals surface area contributed by atoms with Gasteiger partial charge in [0.15, 0.2) is 0 Å². The Labute approximate surface area is 132 Å². The number of amides is 2. The summed E-state index contributed by atoms with van der Waals surface area (Å²) in [5.41, 5.74) is 2.12. The Morgan fingerprint density at radius 2 is 1.86 bits per heavy atom. The first kappa shape index (κ1) is 15.1. The zero-order valence-corrected chi connectivity index (χ0v) is 13.3. The lowest BCUT2D eigenvalue weighted by atomic mass is 10.1. The van der Waals surface area contributed by atoms with Gasteiger partial charge in [0.1, 0.15) is 6.04 Å². The molecule has 0 saturated carbocycles. The highest BCUT2D eigenvalue weighted by atomic mass is 16.2. The average molecular weight is 300 g/mol. The van der Waals surface area contributed by atoms with Gasteiger partial charge in [-0.25, -0.2) is 0 Å². The van der Waals surface area contributed by atoms with Crippen molar-refractivity contribution >= 4 is 17.5 Å². The molecule has 0 spiro atoms. The smallest absolute Gasteiger partial charge is 0.245 e. The van der Waals surface area contributed by atoms with Gasteiger partial charge in [-0.05, 0) is 43.7 Å². The van der Waals surface area contributed by atoms with Crippen molar-refractivity contribution in [3.05, 3.63) is 29.8 Å². The van der Waals surface area contributed by atoms with E-state index in [4.69, 9.17) is 0 Å². The molecule has 1 fully saturated rings. The molecule has 2 aliphatic heterocycles. The van der Waals surface area contributed by atoms with E-state index in [-0.39, 0.29) is 17.9 Å². The van der Waals surface area contributed by atoms with Crippen molar-refractivity contribution in [1.29, 1.82) is 0 Å². The Hall–Kier alpha value is -1.84. The Balaban J connectivity index is 1.95. The quantitative estimate of drug-likeness (QED) is 0.861. The standard InChI is InChI=1S/C18H24N2O2/c1-2-15(18(22)19-12-5-6-13-19)20-16-10-4-3-8-14(16)9-7-11-17(20)21/h3-4,8,10,15H,2,5-7,9,11-13H2,1H3. The van der Waals surface area contributed by atoms with E-state index in [1.807, 2.05) is 30.0 Å². The molecule has 0 N–H and O–H groups in total. The van der Waals surface area contributed by atoms with Crippen LogP contribution in [-0.4, -0.2) is 35.8 Å². The molecule has 1 atom stereocenters. The van der Waals surface area contributed by atoms with E-state index in [9.17, 15) is 9.59 Å². The summed E-state index contributed by atoms with van der Waals surface area (Å²) in [6.45, 7) is 3.66. The number of carbonyl (C=O) groups excluding carboxylic acids is 2. The van der Waals surface area contributed by atoms with Gasteiger partial charge in [0.05, 0.1) is 0 Å². The van der Waals surface area contributed by atoms with Gasteiger partial charge in [-0.3, -0.25) is 14.5 Å². The van der Waals surface area contributed by atoms with E-state index in [1.165, 1.54) is 5.56 Å². The van der Waals surface area contributed by atoms with Gasteiger partial charge in [0.25, 0.3) is 0 Å². The summed E-state index contributed by atoms with van der Waals surface area (Å²) in [6.07, 6.45) is 5.11. The van der Waals surface area contributed by atoms with E-state index < -0.39 is 0 Å². The topological polar surface area (TPSA) is 40.6 Å². The average Bonchev–Trinajstić information content (AvgIpc) is 3.01. The molecular formula is C18H24N2O2. The summed E-state index contributed by atoms with van der Waals surface area (Å²) >= 11 is 0. The fourth-order valence-electron chi connectivity index (χ4n) is 3.60.